The van der Waals surface area contributed by atoms with Crippen LogP contribution in [-0.2, 0) is 4.74 Å². The molecule has 2 atom stereocenters. The quantitative estimate of drug-likeness (QED) is 0.871. The lowest BCUT2D eigenvalue weighted by molar-refractivity contribution is 0.108. The first-order valence-corrected chi connectivity index (χ1v) is 6.03. The van der Waals surface area contributed by atoms with Crippen molar-refractivity contribution in [2.24, 2.45) is 0 Å². The normalized spacial score (nSPS) is 23.7. The number of aryl methyl sites for hydroxylation is 1. The number of nitrogens with zero attached hydrogens (tertiary/aromatic N) is 1. The Labute approximate surface area is 102 Å². The number of hydrogen-bond acceptors (Lipinski definition) is 4. The average molecular weight is 236 g/mol. The summed E-state index contributed by atoms with van der Waals surface area (Å²) in [4.78, 5) is 4.23. The van der Waals surface area contributed by atoms with Crippen molar-refractivity contribution in [2.45, 2.75) is 38.3 Å². The van der Waals surface area contributed by atoms with Crippen LogP contribution < -0.4 is 10.1 Å². The molecule has 0 aliphatic heterocycles. The van der Waals surface area contributed by atoms with Crippen LogP contribution in [0.1, 0.15) is 25.0 Å². The number of hydrogen-bond donors (Lipinski definition) is 1. The Hall–Kier alpha value is -1.29. The molecule has 0 bridgehead atoms. The molecule has 0 spiro atoms. The third-order valence-corrected chi connectivity index (χ3v) is 3.30. The maximum atomic E-state index is 5.38. The molecule has 0 aromatic carbocycles. The maximum absolute atomic E-state index is 5.38. The highest BCUT2D eigenvalue weighted by molar-refractivity contribution is 5.56. The molecular formula is C13H20N2O2. The topological polar surface area (TPSA) is 43.4 Å². The monoisotopic (exact) mass is 236 g/mol. The summed E-state index contributed by atoms with van der Waals surface area (Å²) >= 11 is 0. The van der Waals surface area contributed by atoms with Gasteiger partial charge in [0, 0.05) is 18.8 Å². The lowest BCUT2D eigenvalue weighted by Crippen LogP contribution is -2.17. The predicted octanol–water partition coefficient (Wildman–Crippen LogP) is 2.38. The maximum Gasteiger partial charge on any atom is 0.160 e. The van der Waals surface area contributed by atoms with Crippen LogP contribution in [0.4, 0.5) is 5.69 Å². The largest absolute Gasteiger partial charge is 0.493 e. The van der Waals surface area contributed by atoms with E-state index >= 15 is 0 Å². The summed E-state index contributed by atoms with van der Waals surface area (Å²) in [5.41, 5.74) is 2.02. The number of pyridine rings is 1. The predicted molar refractivity (Wildman–Crippen MR) is 67.6 cm³/mol. The van der Waals surface area contributed by atoms with Gasteiger partial charge in [-0.1, -0.05) is 0 Å². The van der Waals surface area contributed by atoms with Crippen LogP contribution in [0.25, 0.3) is 0 Å². The summed E-state index contributed by atoms with van der Waals surface area (Å²) in [6, 6.07) is 2.49. The van der Waals surface area contributed by atoms with E-state index in [1.807, 2.05) is 13.0 Å². The second kappa shape index (κ2) is 5.36. The number of ether oxygens (including phenoxy) is 2. The molecule has 0 radical (unpaired) electrons. The molecule has 2 unspecified atom stereocenters. The van der Waals surface area contributed by atoms with Gasteiger partial charge in [-0.3, -0.25) is 4.98 Å². The molecule has 1 heterocycles. The summed E-state index contributed by atoms with van der Waals surface area (Å²) in [6.07, 6.45) is 5.48. The molecule has 0 amide bonds. The van der Waals surface area contributed by atoms with Crippen LogP contribution in [0.2, 0.25) is 0 Å². The van der Waals surface area contributed by atoms with E-state index in [0.29, 0.717) is 12.1 Å². The Balaban J connectivity index is 2.05. The highest BCUT2D eigenvalue weighted by Crippen LogP contribution is 2.29. The van der Waals surface area contributed by atoms with Crippen LogP contribution in [0, 0.1) is 6.92 Å². The molecule has 1 aliphatic rings. The molecule has 1 saturated carbocycles. The first-order chi connectivity index (χ1) is 8.22. The van der Waals surface area contributed by atoms with Gasteiger partial charge in [-0.25, -0.2) is 0 Å². The second-order valence-electron chi connectivity index (χ2n) is 4.54. The molecule has 17 heavy (non-hydrogen) atoms. The fraction of sp³-hybridized carbons (Fsp3) is 0.615. The zero-order chi connectivity index (χ0) is 12.3. The average Bonchev–Trinajstić information content (AvgIpc) is 2.77. The number of methoxy groups -OCH3 is 2. The zero-order valence-electron chi connectivity index (χ0n) is 10.7. The van der Waals surface area contributed by atoms with E-state index in [9.17, 15) is 0 Å². The van der Waals surface area contributed by atoms with Gasteiger partial charge in [-0.2, -0.15) is 0 Å². The Kier molecular flexibility index (Phi) is 3.84. The third-order valence-electron chi connectivity index (χ3n) is 3.30. The standard InChI is InChI=1S/C13H20N2O2/c1-9-6-12(13(17-3)8-14-9)15-10-4-5-11(7-10)16-2/h6,8,10-11H,4-5,7H2,1-3H3,(H,14,15). The molecule has 1 aromatic heterocycles. The van der Waals surface area contributed by atoms with Crippen LogP contribution in [0.15, 0.2) is 12.3 Å². The molecule has 94 valence electrons. The van der Waals surface area contributed by atoms with Crippen LogP contribution in [0.5, 0.6) is 5.75 Å². The summed E-state index contributed by atoms with van der Waals surface area (Å²) in [5, 5.41) is 3.52. The molecule has 4 heteroatoms. The van der Waals surface area contributed by atoms with Gasteiger partial charge < -0.3 is 14.8 Å². The van der Waals surface area contributed by atoms with Crippen LogP contribution in [-0.4, -0.2) is 31.3 Å². The number of nitrogens with one attached hydrogen (secondary N) is 1. The van der Waals surface area contributed by atoms with Gasteiger partial charge in [-0.05, 0) is 32.3 Å². The van der Waals surface area contributed by atoms with E-state index in [-0.39, 0.29) is 0 Å². The van der Waals surface area contributed by atoms with E-state index in [0.717, 1.165) is 36.4 Å². The molecule has 2 rings (SSSR count). The first-order valence-electron chi connectivity index (χ1n) is 6.03. The second-order valence-corrected chi connectivity index (χ2v) is 4.54. The Morgan fingerprint density at radius 1 is 1.35 bits per heavy atom. The van der Waals surface area contributed by atoms with E-state index in [2.05, 4.69) is 10.3 Å². The highest BCUT2D eigenvalue weighted by Gasteiger charge is 2.24. The summed E-state index contributed by atoms with van der Waals surface area (Å²) in [6.45, 7) is 1.98. The van der Waals surface area contributed by atoms with E-state index in [1.165, 1.54) is 0 Å². The summed E-state index contributed by atoms with van der Waals surface area (Å²) < 4.78 is 10.7. The number of anilines is 1. The molecular weight excluding hydrogens is 216 g/mol. The van der Waals surface area contributed by atoms with Gasteiger partial charge in [-0.15, -0.1) is 0 Å². The van der Waals surface area contributed by atoms with Gasteiger partial charge in [0.15, 0.2) is 5.75 Å². The van der Waals surface area contributed by atoms with Crippen molar-refractivity contribution in [3.8, 4) is 5.75 Å². The smallest absolute Gasteiger partial charge is 0.160 e. The minimum atomic E-state index is 0.390. The molecule has 1 aromatic rings. The van der Waals surface area contributed by atoms with Gasteiger partial charge in [0.1, 0.15) is 0 Å². The molecule has 1 fully saturated rings. The van der Waals surface area contributed by atoms with E-state index in [1.54, 1.807) is 20.4 Å². The molecule has 0 saturated heterocycles. The highest BCUT2D eigenvalue weighted by atomic mass is 16.5. The van der Waals surface area contributed by atoms with Gasteiger partial charge in [0.2, 0.25) is 0 Å². The van der Waals surface area contributed by atoms with Gasteiger partial charge >= 0.3 is 0 Å². The van der Waals surface area contributed by atoms with Crippen molar-refractivity contribution < 1.29 is 9.47 Å². The van der Waals surface area contributed by atoms with Crippen molar-refractivity contribution in [3.63, 3.8) is 0 Å². The Morgan fingerprint density at radius 2 is 2.18 bits per heavy atom. The Bertz CT molecular complexity index is 382. The van der Waals surface area contributed by atoms with Crippen LogP contribution >= 0.6 is 0 Å². The zero-order valence-corrected chi connectivity index (χ0v) is 10.7. The Morgan fingerprint density at radius 3 is 2.82 bits per heavy atom. The van der Waals surface area contributed by atoms with Gasteiger partial charge in [0.25, 0.3) is 0 Å². The van der Waals surface area contributed by atoms with E-state index in [4.69, 9.17) is 9.47 Å². The van der Waals surface area contributed by atoms with Gasteiger partial charge in [0.05, 0.1) is 25.1 Å². The summed E-state index contributed by atoms with van der Waals surface area (Å²) in [5.74, 6) is 0.802. The van der Waals surface area contributed by atoms with Crippen molar-refractivity contribution >= 4 is 5.69 Å². The van der Waals surface area contributed by atoms with Crippen molar-refractivity contribution in [2.75, 3.05) is 19.5 Å². The minimum absolute atomic E-state index is 0.390. The SMILES string of the molecule is COc1cnc(C)cc1NC1CCC(OC)C1. The third kappa shape index (κ3) is 2.88. The molecule has 1 N–H and O–H groups in total. The lowest BCUT2D eigenvalue weighted by Gasteiger charge is -2.17. The van der Waals surface area contributed by atoms with Crippen LogP contribution in [0.3, 0.4) is 0 Å². The van der Waals surface area contributed by atoms with Crippen molar-refractivity contribution in [1.29, 1.82) is 0 Å². The number of rotatable bonds is 4. The molecule has 1 aliphatic carbocycles. The van der Waals surface area contributed by atoms with Crippen molar-refractivity contribution in [3.05, 3.63) is 18.0 Å². The van der Waals surface area contributed by atoms with Crippen molar-refractivity contribution in [1.82, 2.24) is 4.98 Å². The number of aromatic nitrogens is 1. The summed E-state index contributed by atoms with van der Waals surface area (Å²) in [7, 11) is 3.45. The fourth-order valence-electron chi connectivity index (χ4n) is 2.33. The fourth-order valence-corrected chi connectivity index (χ4v) is 2.33. The first kappa shape index (κ1) is 12.2. The van der Waals surface area contributed by atoms with E-state index < -0.39 is 0 Å². The molecule has 4 nitrogen and oxygen atoms in total. The minimum Gasteiger partial charge on any atom is -0.493 e. The lowest BCUT2D eigenvalue weighted by atomic mass is 10.2.